The Labute approximate surface area is 211 Å². The number of fused-ring (bicyclic) bond motifs is 1. The highest BCUT2D eigenvalue weighted by Crippen LogP contribution is 2.40. The number of oxime groups is 1. The Balaban J connectivity index is 1.56. The number of nitrogen functional groups attached to an aromatic ring is 1. The Morgan fingerprint density at radius 1 is 1.36 bits per heavy atom. The van der Waals surface area contributed by atoms with Crippen molar-refractivity contribution in [3.05, 3.63) is 56.6 Å². The molecule has 0 aromatic carbocycles. The van der Waals surface area contributed by atoms with E-state index in [1.165, 1.54) is 53.2 Å². The molecule has 36 heavy (non-hydrogen) atoms. The molecule has 0 aliphatic carbocycles. The largest absolute Gasteiger partial charge is 0.503 e. The molecule has 2 aliphatic heterocycles. The molecule has 0 spiro atoms. The lowest BCUT2D eigenvalue weighted by Gasteiger charge is -2.49. The molecule has 2 aromatic heterocycles. The number of nitrogens with two attached hydrogens (primary N) is 1. The van der Waals surface area contributed by atoms with Crippen molar-refractivity contribution in [1.29, 1.82) is 0 Å². The van der Waals surface area contributed by atoms with Crippen molar-refractivity contribution in [2.45, 2.75) is 11.4 Å². The van der Waals surface area contributed by atoms with Crippen LogP contribution in [0, 0.1) is 0 Å². The van der Waals surface area contributed by atoms with E-state index >= 15 is 0 Å². The maximum Gasteiger partial charge on any atom is 0.352 e. The number of rotatable bonds is 7. The second kappa shape index (κ2) is 9.87. The number of aromatic nitrogens is 2. The van der Waals surface area contributed by atoms with Gasteiger partial charge in [0.15, 0.2) is 16.6 Å². The molecular formula is C21H20N6O7S2. The van der Waals surface area contributed by atoms with Gasteiger partial charge in [0.05, 0.1) is 0 Å². The zero-order valence-corrected chi connectivity index (χ0v) is 20.5. The van der Waals surface area contributed by atoms with Gasteiger partial charge in [-0.05, 0) is 11.6 Å². The number of carboxylic acid groups (broad SMARTS) is 1. The number of hydrogen-bond acceptors (Lipinski definition) is 11. The topological polar surface area (TPSA) is 189 Å². The molecule has 0 unspecified atom stereocenters. The number of carboxylic acids is 1. The number of β-lactam (4-membered cyclic amide) rings is 1. The summed E-state index contributed by atoms with van der Waals surface area (Å²) in [7, 11) is 2.87. The first-order valence-electron chi connectivity index (χ1n) is 10.2. The highest BCUT2D eigenvalue weighted by Gasteiger charge is 2.54. The van der Waals surface area contributed by atoms with Crippen LogP contribution < -0.4 is 16.5 Å². The van der Waals surface area contributed by atoms with Crippen LogP contribution in [0.5, 0.6) is 5.75 Å². The van der Waals surface area contributed by atoms with Gasteiger partial charge in [0.2, 0.25) is 5.43 Å². The fourth-order valence-corrected chi connectivity index (χ4v) is 5.52. The van der Waals surface area contributed by atoms with Crippen molar-refractivity contribution >= 4 is 57.8 Å². The standard InChI is InChI=1S/C21H20N6O7S2/c1-26-6-13(29)12(28)5-10(26)4-3-9-7-35-19-15(18(31)27(19)16(9)20(32)33)24-17(30)14(25-34-2)11-8-36-21(22)23-11/h3-6,8,15,19,29H,7H2,1-2H3,(H2,22,23)(H,24,30)(H,32,33)/t15-,19-/m1/s1. The summed E-state index contributed by atoms with van der Waals surface area (Å²) >= 11 is 2.37. The van der Waals surface area contributed by atoms with Crippen LogP contribution in [0.15, 0.2) is 44.9 Å². The third-order valence-corrected chi connectivity index (χ3v) is 7.34. The van der Waals surface area contributed by atoms with Gasteiger partial charge in [0.1, 0.15) is 29.9 Å². The minimum Gasteiger partial charge on any atom is -0.503 e. The van der Waals surface area contributed by atoms with Crippen LogP contribution >= 0.6 is 23.1 Å². The summed E-state index contributed by atoms with van der Waals surface area (Å²) in [6.07, 6.45) is 4.28. The number of carbonyl (C=O) groups excluding carboxylic acids is 2. The fraction of sp³-hybridized carbons (Fsp3) is 0.238. The molecule has 1 saturated heterocycles. The van der Waals surface area contributed by atoms with Crippen molar-refractivity contribution in [3.8, 4) is 5.75 Å². The lowest BCUT2D eigenvalue weighted by Crippen LogP contribution is -2.71. The third-order valence-electron chi connectivity index (χ3n) is 5.36. The molecule has 2 amide bonds. The van der Waals surface area contributed by atoms with Crippen molar-refractivity contribution < 1.29 is 29.4 Å². The van der Waals surface area contributed by atoms with Crippen LogP contribution in [-0.2, 0) is 26.3 Å². The van der Waals surface area contributed by atoms with E-state index in [0.717, 1.165) is 16.2 Å². The van der Waals surface area contributed by atoms with E-state index in [0.29, 0.717) is 11.3 Å². The normalized spacial score (nSPS) is 19.8. The van der Waals surface area contributed by atoms with E-state index in [1.807, 2.05) is 0 Å². The fourth-order valence-electron chi connectivity index (χ4n) is 3.66. The van der Waals surface area contributed by atoms with Gasteiger partial charge in [-0.15, -0.1) is 23.1 Å². The van der Waals surface area contributed by atoms with Gasteiger partial charge in [-0.1, -0.05) is 11.2 Å². The van der Waals surface area contributed by atoms with Crippen LogP contribution in [0.2, 0.25) is 0 Å². The number of nitrogens with one attached hydrogen (secondary N) is 1. The van der Waals surface area contributed by atoms with Crippen LogP contribution in [0.3, 0.4) is 0 Å². The highest BCUT2D eigenvalue weighted by molar-refractivity contribution is 8.00. The van der Waals surface area contributed by atoms with Crippen LogP contribution in [0.25, 0.3) is 6.08 Å². The minimum atomic E-state index is -1.31. The Bertz CT molecular complexity index is 1410. The zero-order valence-electron chi connectivity index (χ0n) is 18.9. The van der Waals surface area contributed by atoms with Crippen LogP contribution in [-0.4, -0.2) is 72.4 Å². The molecule has 0 bridgehead atoms. The molecule has 188 valence electrons. The summed E-state index contributed by atoms with van der Waals surface area (Å²) in [4.78, 5) is 59.4. The van der Waals surface area contributed by atoms with E-state index < -0.39 is 40.4 Å². The number of aromatic hydroxyl groups is 1. The Morgan fingerprint density at radius 2 is 2.11 bits per heavy atom. The molecule has 4 rings (SSSR count). The highest BCUT2D eigenvalue weighted by atomic mass is 32.2. The first kappa shape index (κ1) is 25.0. The Kier molecular flexibility index (Phi) is 6.85. The van der Waals surface area contributed by atoms with E-state index in [9.17, 15) is 29.4 Å². The minimum absolute atomic E-state index is 0.172. The zero-order chi connectivity index (χ0) is 26.1. The summed E-state index contributed by atoms with van der Waals surface area (Å²) < 4.78 is 1.50. The maximum atomic E-state index is 12.9. The summed E-state index contributed by atoms with van der Waals surface area (Å²) in [5.74, 6) is -2.81. The number of aryl methyl sites for hydroxylation is 1. The van der Waals surface area contributed by atoms with E-state index in [2.05, 4.69) is 15.5 Å². The first-order chi connectivity index (χ1) is 17.1. The number of nitrogens with zero attached hydrogens (tertiary/aromatic N) is 4. The van der Waals surface area contributed by atoms with Gasteiger partial charge in [-0.25, -0.2) is 9.78 Å². The lowest BCUT2D eigenvalue weighted by molar-refractivity contribution is -0.150. The number of amides is 2. The second-order valence-corrected chi connectivity index (χ2v) is 9.62. The van der Waals surface area contributed by atoms with Crippen LogP contribution in [0.4, 0.5) is 5.13 Å². The smallest absolute Gasteiger partial charge is 0.352 e. The predicted octanol–water partition coefficient (Wildman–Crippen LogP) is -0.0679. The summed E-state index contributed by atoms with van der Waals surface area (Å²) in [6, 6.07) is 0.222. The molecule has 0 saturated carbocycles. The number of aliphatic carboxylic acids is 1. The van der Waals surface area contributed by atoms with E-state index in [-0.39, 0.29) is 28.0 Å². The van der Waals surface area contributed by atoms with Crippen molar-refractivity contribution in [3.63, 3.8) is 0 Å². The number of carbonyl (C=O) groups is 3. The van der Waals surface area contributed by atoms with Crippen molar-refractivity contribution in [1.82, 2.24) is 19.8 Å². The second-order valence-electron chi connectivity index (χ2n) is 7.63. The van der Waals surface area contributed by atoms with Gasteiger partial charge in [0.25, 0.3) is 11.8 Å². The molecule has 5 N–H and O–H groups in total. The molecule has 2 aliphatic rings. The SMILES string of the molecule is CON=C(C(=O)N[C@@H]1C(=O)N2C(C(=O)O)=C(C=Cc3cc(=O)c(O)cn3C)CS[C@H]12)c1csc(N)n1. The summed E-state index contributed by atoms with van der Waals surface area (Å²) in [5, 5.41) is 26.7. The number of hydrogen-bond donors (Lipinski definition) is 4. The number of thiazole rings is 1. The number of thioether (sulfide) groups is 1. The maximum absolute atomic E-state index is 12.9. The molecule has 2 atom stereocenters. The van der Waals surface area contributed by atoms with E-state index in [1.54, 1.807) is 7.05 Å². The lowest BCUT2D eigenvalue weighted by atomic mass is 10.0. The van der Waals surface area contributed by atoms with Gasteiger partial charge in [-0.2, -0.15) is 0 Å². The van der Waals surface area contributed by atoms with Crippen LogP contribution in [0.1, 0.15) is 11.4 Å². The van der Waals surface area contributed by atoms with Gasteiger partial charge < -0.3 is 30.7 Å². The van der Waals surface area contributed by atoms with Gasteiger partial charge >= 0.3 is 5.97 Å². The van der Waals surface area contributed by atoms with Gasteiger partial charge in [0, 0.05) is 36.1 Å². The average Bonchev–Trinajstić information content (AvgIpc) is 3.27. The first-order valence-corrected chi connectivity index (χ1v) is 12.2. The molecule has 4 heterocycles. The monoisotopic (exact) mass is 532 g/mol. The van der Waals surface area contributed by atoms with Gasteiger partial charge in [-0.3, -0.25) is 19.3 Å². The van der Waals surface area contributed by atoms with Crippen molar-refractivity contribution in [2.24, 2.45) is 12.2 Å². The number of allylic oxidation sites excluding steroid dienone is 1. The third kappa shape index (κ3) is 4.57. The average molecular weight is 533 g/mol. The summed E-state index contributed by atoms with van der Waals surface area (Å²) in [5.41, 5.74) is 5.61. The summed E-state index contributed by atoms with van der Waals surface area (Å²) in [6.45, 7) is 0. The molecule has 0 radical (unpaired) electrons. The molecule has 13 nitrogen and oxygen atoms in total. The number of pyridine rings is 1. The predicted molar refractivity (Wildman–Crippen MR) is 132 cm³/mol. The number of anilines is 1. The Hall–Kier alpha value is -4.11. The quantitative estimate of drug-likeness (QED) is 0.213. The molecule has 2 aromatic rings. The Morgan fingerprint density at radius 3 is 2.75 bits per heavy atom. The molecule has 1 fully saturated rings. The molecular weight excluding hydrogens is 512 g/mol. The van der Waals surface area contributed by atoms with Crippen molar-refractivity contribution in [2.75, 3.05) is 18.6 Å². The molecule has 15 heteroatoms. The van der Waals surface area contributed by atoms with E-state index in [4.69, 9.17) is 10.6 Å².